The van der Waals surface area contributed by atoms with Crippen LogP contribution in [0.4, 0.5) is 9.52 Å². The average molecular weight is 732 g/mol. The molecule has 0 fully saturated rings. The molecule has 0 saturated carbocycles. The van der Waals surface area contributed by atoms with Crippen LogP contribution in [-0.2, 0) is 35.0 Å². The van der Waals surface area contributed by atoms with Crippen LogP contribution in [0.15, 0.2) is 22.7 Å². The molecule has 0 amide bonds. The maximum atomic E-state index is 14.7. The van der Waals surface area contributed by atoms with Crippen molar-refractivity contribution in [3.63, 3.8) is 0 Å². The predicted molar refractivity (Wildman–Crippen MR) is 179 cm³/mol. The molecule has 3 atom stereocenters. The minimum absolute atomic E-state index is 0.0467. The van der Waals surface area contributed by atoms with Crippen molar-refractivity contribution in [1.29, 1.82) is 0 Å². The summed E-state index contributed by atoms with van der Waals surface area (Å²) in [6.07, 6.45) is 4.29. The van der Waals surface area contributed by atoms with Crippen molar-refractivity contribution in [1.82, 2.24) is 4.98 Å². The van der Waals surface area contributed by atoms with Crippen molar-refractivity contribution in [2.45, 2.75) is 110 Å². The summed E-state index contributed by atoms with van der Waals surface area (Å²) in [5, 5.41) is 3.27. The number of halogens is 2. The normalized spacial score (nSPS) is 13.5. The van der Waals surface area contributed by atoms with Gasteiger partial charge in [0.05, 0.1) is 25.4 Å². The molecule has 1 N–H and O–H groups in total. The second-order valence-electron chi connectivity index (χ2n) is 11.7. The molecule has 2 aromatic rings. The number of nitrogens with one attached hydrogen (secondary N) is 1. The molecule has 46 heavy (non-hydrogen) atoms. The first-order chi connectivity index (χ1) is 21.9. The molecule has 13 heteroatoms. The third kappa shape index (κ3) is 14.9. The third-order valence-corrected chi connectivity index (χ3v) is 7.99. The lowest BCUT2D eigenvalue weighted by Crippen LogP contribution is -2.34. The number of thiazole rings is 1. The number of esters is 2. The molecule has 3 unspecified atom stereocenters. The fourth-order valence-corrected chi connectivity index (χ4v) is 5.64. The van der Waals surface area contributed by atoms with Crippen molar-refractivity contribution in [3.8, 4) is 5.75 Å². The van der Waals surface area contributed by atoms with Crippen LogP contribution in [0, 0.1) is 5.82 Å². The first kappa shape index (κ1) is 39.6. The number of hydrogen-bond acceptors (Lipinski definition) is 11. The summed E-state index contributed by atoms with van der Waals surface area (Å²) in [5.41, 5.74) is -0.564. The molecular formula is C33H48BrFN2O8S. The fourth-order valence-electron chi connectivity index (χ4n) is 4.30. The summed E-state index contributed by atoms with van der Waals surface area (Å²) in [6.45, 7) is 11.3. The molecule has 1 aromatic carbocycles. The highest BCUT2D eigenvalue weighted by Crippen LogP contribution is 2.28. The van der Waals surface area contributed by atoms with Gasteiger partial charge in [0.15, 0.2) is 22.4 Å². The SMILES string of the molecule is CCCCC(C=O)OCC(CCCC)OC(COc1ccc(Br)cc1F)Cc1sc(NCC(=O)OC(C)(C)C)nc1C(=O)OCC. The van der Waals surface area contributed by atoms with Gasteiger partial charge in [0.25, 0.3) is 0 Å². The zero-order chi connectivity index (χ0) is 34.1. The van der Waals surface area contributed by atoms with Gasteiger partial charge >= 0.3 is 11.9 Å². The van der Waals surface area contributed by atoms with Gasteiger partial charge in [0.1, 0.15) is 31.1 Å². The van der Waals surface area contributed by atoms with Gasteiger partial charge in [-0.2, -0.15) is 0 Å². The van der Waals surface area contributed by atoms with Gasteiger partial charge in [-0.25, -0.2) is 14.2 Å². The molecule has 0 saturated heterocycles. The van der Waals surface area contributed by atoms with E-state index in [1.165, 1.54) is 23.5 Å². The number of hydrogen-bond donors (Lipinski definition) is 1. The van der Waals surface area contributed by atoms with Crippen molar-refractivity contribution in [2.24, 2.45) is 0 Å². The Morgan fingerprint density at radius 1 is 1.09 bits per heavy atom. The number of carbonyl (C=O) groups is 3. The smallest absolute Gasteiger partial charge is 0.358 e. The Kier molecular flexibility index (Phi) is 17.7. The number of rotatable bonds is 22. The lowest BCUT2D eigenvalue weighted by molar-refractivity contribution is -0.152. The van der Waals surface area contributed by atoms with Crippen molar-refractivity contribution in [2.75, 3.05) is 31.7 Å². The van der Waals surface area contributed by atoms with Crippen LogP contribution < -0.4 is 10.1 Å². The molecule has 2 rings (SSSR count). The number of unbranched alkanes of at least 4 members (excludes halogenated alkanes) is 2. The second kappa shape index (κ2) is 20.6. The van der Waals surface area contributed by atoms with Crippen LogP contribution in [0.5, 0.6) is 5.75 Å². The maximum Gasteiger partial charge on any atom is 0.358 e. The van der Waals surface area contributed by atoms with Gasteiger partial charge in [-0.1, -0.05) is 55.5 Å². The van der Waals surface area contributed by atoms with Crippen LogP contribution in [0.2, 0.25) is 0 Å². The number of ether oxygens (including phenoxy) is 5. The molecule has 1 heterocycles. The van der Waals surface area contributed by atoms with E-state index in [0.29, 0.717) is 27.3 Å². The van der Waals surface area contributed by atoms with E-state index in [1.807, 2.05) is 0 Å². The Balaban J connectivity index is 2.35. The molecule has 0 aliphatic heterocycles. The van der Waals surface area contributed by atoms with E-state index in [4.69, 9.17) is 23.7 Å². The topological polar surface area (TPSA) is 122 Å². The predicted octanol–water partition coefficient (Wildman–Crippen LogP) is 7.31. The standard InChI is InChI=1S/C33H48BrFN2O8S/c1-7-10-12-23(19-38)42-20-24(13-11-8-2)44-25(21-43-27-15-14-22(34)16-26(27)35)17-28-30(31(40)41-9-3)37-32(46-28)36-18-29(39)45-33(4,5)6/h14-16,19,23-25H,7-13,17-18,20-21H2,1-6H3,(H,36,37). The van der Waals surface area contributed by atoms with Crippen molar-refractivity contribution in [3.05, 3.63) is 39.1 Å². The maximum absolute atomic E-state index is 14.7. The number of aldehydes is 1. The molecule has 0 bridgehead atoms. The lowest BCUT2D eigenvalue weighted by atomic mass is 10.1. The summed E-state index contributed by atoms with van der Waals surface area (Å²) >= 11 is 4.44. The summed E-state index contributed by atoms with van der Waals surface area (Å²) in [4.78, 5) is 41.8. The Bertz CT molecular complexity index is 1240. The van der Waals surface area contributed by atoms with Crippen LogP contribution in [0.1, 0.15) is 95.4 Å². The van der Waals surface area contributed by atoms with Crippen LogP contribution in [-0.4, -0.2) is 73.5 Å². The van der Waals surface area contributed by atoms with E-state index in [2.05, 4.69) is 40.1 Å². The summed E-state index contributed by atoms with van der Waals surface area (Å²) in [6, 6.07) is 4.50. The lowest BCUT2D eigenvalue weighted by Gasteiger charge is -2.26. The van der Waals surface area contributed by atoms with E-state index < -0.39 is 41.7 Å². The van der Waals surface area contributed by atoms with Crippen LogP contribution in [0.3, 0.4) is 0 Å². The van der Waals surface area contributed by atoms with E-state index >= 15 is 0 Å². The molecule has 258 valence electrons. The van der Waals surface area contributed by atoms with Gasteiger partial charge in [-0.05, 0) is 58.7 Å². The molecule has 0 radical (unpaired) electrons. The van der Waals surface area contributed by atoms with Gasteiger partial charge in [0, 0.05) is 15.8 Å². The Hall–Kier alpha value is -2.61. The van der Waals surface area contributed by atoms with Gasteiger partial charge in [0.2, 0.25) is 0 Å². The van der Waals surface area contributed by atoms with Crippen LogP contribution in [0.25, 0.3) is 0 Å². The van der Waals surface area contributed by atoms with Crippen molar-refractivity contribution < 1.29 is 42.5 Å². The number of aromatic nitrogens is 1. The molecule has 1 aromatic heterocycles. The van der Waals surface area contributed by atoms with E-state index in [0.717, 1.165) is 32.0 Å². The highest BCUT2D eigenvalue weighted by molar-refractivity contribution is 9.10. The zero-order valence-corrected chi connectivity index (χ0v) is 30.1. The molecule has 0 aliphatic rings. The fraction of sp³-hybridized carbons (Fsp3) is 0.636. The molecule has 0 aliphatic carbocycles. The molecular weight excluding hydrogens is 683 g/mol. The molecule has 10 nitrogen and oxygen atoms in total. The summed E-state index contributed by atoms with van der Waals surface area (Å²) < 4.78 is 44.2. The van der Waals surface area contributed by atoms with E-state index in [-0.39, 0.29) is 44.2 Å². The number of nitrogens with zero attached hydrogens (tertiary/aromatic N) is 1. The first-order valence-electron chi connectivity index (χ1n) is 15.8. The summed E-state index contributed by atoms with van der Waals surface area (Å²) in [7, 11) is 0. The first-order valence-corrected chi connectivity index (χ1v) is 17.4. The quantitative estimate of drug-likeness (QED) is 0.0975. The summed E-state index contributed by atoms with van der Waals surface area (Å²) in [5.74, 6) is -1.58. The van der Waals surface area contributed by atoms with E-state index in [1.54, 1.807) is 33.8 Å². The third-order valence-electron chi connectivity index (χ3n) is 6.46. The Morgan fingerprint density at radius 3 is 2.43 bits per heavy atom. The van der Waals surface area contributed by atoms with Crippen molar-refractivity contribution >= 4 is 50.6 Å². The number of benzene rings is 1. The monoisotopic (exact) mass is 730 g/mol. The van der Waals surface area contributed by atoms with E-state index in [9.17, 15) is 18.8 Å². The van der Waals surface area contributed by atoms with Gasteiger partial charge < -0.3 is 33.8 Å². The highest BCUT2D eigenvalue weighted by Gasteiger charge is 2.27. The Morgan fingerprint density at radius 2 is 1.80 bits per heavy atom. The minimum Gasteiger partial charge on any atom is -0.488 e. The average Bonchev–Trinajstić information content (AvgIpc) is 3.40. The number of anilines is 1. The second-order valence-corrected chi connectivity index (χ2v) is 13.7. The largest absolute Gasteiger partial charge is 0.488 e. The van der Waals surface area contributed by atoms with Crippen LogP contribution >= 0.6 is 27.3 Å². The Labute approximate surface area is 284 Å². The number of carbonyl (C=O) groups excluding carboxylic acids is 3. The highest BCUT2D eigenvalue weighted by atomic mass is 79.9. The minimum atomic E-state index is -0.661. The zero-order valence-electron chi connectivity index (χ0n) is 27.7. The van der Waals surface area contributed by atoms with Gasteiger partial charge in [-0.15, -0.1) is 11.3 Å². The van der Waals surface area contributed by atoms with Gasteiger partial charge in [-0.3, -0.25) is 4.79 Å². The molecule has 0 spiro atoms.